The molecule has 0 radical (unpaired) electrons. The third kappa shape index (κ3) is 3.54. The van der Waals surface area contributed by atoms with E-state index in [9.17, 15) is 4.79 Å². The van der Waals surface area contributed by atoms with Crippen LogP contribution in [0.5, 0.6) is 0 Å². The molecule has 0 spiro atoms. The summed E-state index contributed by atoms with van der Waals surface area (Å²) < 4.78 is 5.05. The molecule has 0 bridgehead atoms. The van der Waals surface area contributed by atoms with E-state index >= 15 is 0 Å². The Morgan fingerprint density at radius 3 is 2.95 bits per heavy atom. The predicted molar refractivity (Wildman–Crippen MR) is 79.6 cm³/mol. The average Bonchev–Trinajstić information content (AvgIpc) is 2.83. The van der Waals surface area contributed by atoms with Gasteiger partial charge in [0.15, 0.2) is 5.69 Å². The van der Waals surface area contributed by atoms with E-state index in [-0.39, 0.29) is 0 Å². The minimum absolute atomic E-state index is 0.339. The molecule has 0 saturated carbocycles. The van der Waals surface area contributed by atoms with Crippen LogP contribution in [-0.4, -0.2) is 22.5 Å². The SMILES string of the molecule is CCCc1nc(C(=O)OCC)c(Nc2cccnc2)s1. The maximum Gasteiger partial charge on any atom is 0.360 e. The first-order valence-electron chi connectivity index (χ1n) is 6.58. The Morgan fingerprint density at radius 1 is 1.45 bits per heavy atom. The molecule has 106 valence electrons. The van der Waals surface area contributed by atoms with Crippen molar-refractivity contribution < 1.29 is 9.53 Å². The minimum Gasteiger partial charge on any atom is -0.461 e. The number of nitrogens with one attached hydrogen (secondary N) is 1. The first-order valence-corrected chi connectivity index (χ1v) is 7.40. The number of aryl methyl sites for hydroxylation is 1. The number of rotatable bonds is 6. The van der Waals surface area contributed by atoms with Gasteiger partial charge in [-0.15, -0.1) is 11.3 Å². The largest absolute Gasteiger partial charge is 0.461 e. The summed E-state index contributed by atoms with van der Waals surface area (Å²) in [6.45, 7) is 4.21. The highest BCUT2D eigenvalue weighted by Gasteiger charge is 2.19. The lowest BCUT2D eigenvalue weighted by atomic mass is 10.3. The number of ether oxygens (including phenoxy) is 1. The number of aromatic nitrogens is 2. The van der Waals surface area contributed by atoms with Crippen LogP contribution >= 0.6 is 11.3 Å². The van der Waals surface area contributed by atoms with Crippen molar-refractivity contribution in [3.63, 3.8) is 0 Å². The molecule has 5 nitrogen and oxygen atoms in total. The molecule has 0 unspecified atom stereocenters. The van der Waals surface area contributed by atoms with E-state index in [1.54, 1.807) is 19.3 Å². The monoisotopic (exact) mass is 291 g/mol. The van der Waals surface area contributed by atoms with E-state index in [0.29, 0.717) is 17.3 Å². The van der Waals surface area contributed by atoms with Crippen LogP contribution in [0.4, 0.5) is 10.7 Å². The second-order valence-electron chi connectivity index (χ2n) is 4.12. The fourth-order valence-electron chi connectivity index (χ4n) is 1.68. The predicted octanol–water partition coefficient (Wildman–Crippen LogP) is 3.41. The molecule has 20 heavy (non-hydrogen) atoms. The van der Waals surface area contributed by atoms with Gasteiger partial charge in [0.2, 0.25) is 0 Å². The van der Waals surface area contributed by atoms with Gasteiger partial charge in [-0.2, -0.15) is 0 Å². The van der Waals surface area contributed by atoms with Gasteiger partial charge in [-0.1, -0.05) is 6.92 Å². The van der Waals surface area contributed by atoms with Crippen molar-refractivity contribution in [2.24, 2.45) is 0 Å². The highest BCUT2D eigenvalue weighted by molar-refractivity contribution is 7.16. The lowest BCUT2D eigenvalue weighted by Crippen LogP contribution is -2.07. The average molecular weight is 291 g/mol. The summed E-state index contributed by atoms with van der Waals surface area (Å²) in [6.07, 6.45) is 5.24. The van der Waals surface area contributed by atoms with Crippen LogP contribution < -0.4 is 5.32 Å². The molecule has 0 saturated heterocycles. The molecule has 0 atom stereocenters. The molecule has 2 aromatic rings. The van der Waals surface area contributed by atoms with Crippen molar-refractivity contribution in [1.82, 2.24) is 9.97 Å². The van der Waals surface area contributed by atoms with E-state index in [1.807, 2.05) is 12.1 Å². The molecule has 2 heterocycles. The van der Waals surface area contributed by atoms with Crippen molar-refractivity contribution in [2.75, 3.05) is 11.9 Å². The summed E-state index contributed by atoms with van der Waals surface area (Å²) in [5.41, 5.74) is 1.17. The van der Waals surface area contributed by atoms with Crippen molar-refractivity contribution in [3.05, 3.63) is 35.2 Å². The molecule has 0 aliphatic heterocycles. The molecular formula is C14H17N3O2S. The van der Waals surface area contributed by atoms with Gasteiger partial charge in [-0.3, -0.25) is 4.98 Å². The van der Waals surface area contributed by atoms with Gasteiger partial charge in [0.25, 0.3) is 0 Å². The standard InChI is InChI=1S/C14H17N3O2S/c1-3-6-11-17-12(14(18)19-4-2)13(20-11)16-10-7-5-8-15-9-10/h5,7-9,16H,3-4,6H2,1-2H3. The highest BCUT2D eigenvalue weighted by Crippen LogP contribution is 2.29. The summed E-state index contributed by atoms with van der Waals surface area (Å²) in [5.74, 6) is -0.391. The van der Waals surface area contributed by atoms with Crippen LogP contribution in [0.15, 0.2) is 24.5 Å². The molecule has 2 aromatic heterocycles. The number of carbonyl (C=O) groups is 1. The van der Waals surface area contributed by atoms with Crippen molar-refractivity contribution in [2.45, 2.75) is 26.7 Å². The number of hydrogen-bond donors (Lipinski definition) is 1. The fourth-order valence-corrected chi connectivity index (χ4v) is 2.75. The number of carbonyl (C=O) groups excluding carboxylic acids is 1. The molecule has 1 N–H and O–H groups in total. The first-order chi connectivity index (χ1) is 9.74. The Morgan fingerprint density at radius 2 is 2.30 bits per heavy atom. The number of esters is 1. The normalized spacial score (nSPS) is 10.3. The van der Waals surface area contributed by atoms with Gasteiger partial charge < -0.3 is 10.1 Å². The lowest BCUT2D eigenvalue weighted by molar-refractivity contribution is 0.0521. The van der Waals surface area contributed by atoms with E-state index in [0.717, 1.165) is 23.5 Å². The van der Waals surface area contributed by atoms with Crippen molar-refractivity contribution in [1.29, 1.82) is 0 Å². The van der Waals surface area contributed by atoms with Gasteiger partial charge in [0.05, 0.1) is 23.5 Å². The van der Waals surface area contributed by atoms with Crippen LogP contribution in [0, 0.1) is 0 Å². The molecule has 0 fully saturated rings. The third-order valence-electron chi connectivity index (χ3n) is 2.52. The molecule has 6 heteroatoms. The third-order valence-corrected chi connectivity index (χ3v) is 3.55. The zero-order valence-corrected chi connectivity index (χ0v) is 12.4. The minimum atomic E-state index is -0.391. The topological polar surface area (TPSA) is 64.1 Å². The summed E-state index contributed by atoms with van der Waals surface area (Å²) >= 11 is 1.48. The molecule has 2 rings (SSSR count). The van der Waals surface area contributed by atoms with Crippen molar-refractivity contribution >= 4 is 28.0 Å². The maximum atomic E-state index is 11.9. The number of hydrogen-bond acceptors (Lipinski definition) is 6. The van der Waals surface area contributed by atoms with Crippen LogP contribution in [0.1, 0.15) is 35.8 Å². The molecule has 0 aromatic carbocycles. The van der Waals surface area contributed by atoms with Gasteiger partial charge in [0.1, 0.15) is 5.00 Å². The number of pyridine rings is 1. The zero-order chi connectivity index (χ0) is 14.4. The van der Waals surface area contributed by atoms with Gasteiger partial charge in [0, 0.05) is 6.20 Å². The second kappa shape index (κ2) is 7.00. The van der Waals surface area contributed by atoms with Gasteiger partial charge >= 0.3 is 5.97 Å². The van der Waals surface area contributed by atoms with Crippen LogP contribution in [0.25, 0.3) is 0 Å². The number of anilines is 2. The Labute approximate surface area is 122 Å². The van der Waals surface area contributed by atoms with Gasteiger partial charge in [-0.25, -0.2) is 9.78 Å². The summed E-state index contributed by atoms with van der Waals surface area (Å²) in [4.78, 5) is 20.4. The fraction of sp³-hybridized carbons (Fsp3) is 0.357. The molecule has 0 amide bonds. The quantitative estimate of drug-likeness (QED) is 0.826. The Bertz CT molecular complexity index is 569. The molecule has 0 aliphatic carbocycles. The summed E-state index contributed by atoms with van der Waals surface area (Å²) in [5, 5.41) is 4.82. The Kier molecular flexibility index (Phi) is 5.06. The summed E-state index contributed by atoms with van der Waals surface area (Å²) in [7, 11) is 0. The lowest BCUT2D eigenvalue weighted by Gasteiger charge is -2.04. The van der Waals surface area contributed by atoms with E-state index in [1.165, 1.54) is 11.3 Å². The smallest absolute Gasteiger partial charge is 0.360 e. The first kappa shape index (κ1) is 14.5. The number of nitrogens with zero attached hydrogens (tertiary/aromatic N) is 2. The van der Waals surface area contributed by atoms with Crippen LogP contribution in [0.2, 0.25) is 0 Å². The second-order valence-corrected chi connectivity index (χ2v) is 5.21. The van der Waals surface area contributed by atoms with E-state index in [2.05, 4.69) is 22.2 Å². The maximum absolute atomic E-state index is 11.9. The van der Waals surface area contributed by atoms with Crippen LogP contribution in [0.3, 0.4) is 0 Å². The Hall–Kier alpha value is -1.95. The van der Waals surface area contributed by atoms with Crippen molar-refractivity contribution in [3.8, 4) is 0 Å². The van der Waals surface area contributed by atoms with Gasteiger partial charge in [-0.05, 0) is 31.9 Å². The number of thiazole rings is 1. The Balaban J connectivity index is 2.27. The van der Waals surface area contributed by atoms with Crippen LogP contribution in [-0.2, 0) is 11.2 Å². The summed E-state index contributed by atoms with van der Waals surface area (Å²) in [6, 6.07) is 3.72. The highest BCUT2D eigenvalue weighted by atomic mass is 32.1. The molecule has 0 aliphatic rings. The van der Waals surface area contributed by atoms with E-state index in [4.69, 9.17) is 4.74 Å². The van der Waals surface area contributed by atoms with E-state index < -0.39 is 5.97 Å². The molecular weight excluding hydrogens is 274 g/mol. The zero-order valence-electron chi connectivity index (χ0n) is 11.5.